The Labute approximate surface area is 119 Å². The SMILES string of the molecule is N#C/N=c1/c(C(=O)O)cccn1Cc1ccc(Cl)nc1. The predicted molar refractivity (Wildman–Crippen MR) is 70.9 cm³/mol. The van der Waals surface area contributed by atoms with Gasteiger partial charge in [-0.25, -0.2) is 9.78 Å². The van der Waals surface area contributed by atoms with E-state index < -0.39 is 5.97 Å². The number of halogens is 1. The van der Waals surface area contributed by atoms with Crippen LogP contribution in [0.5, 0.6) is 0 Å². The number of pyridine rings is 2. The number of carboxylic acid groups (broad SMARTS) is 1. The van der Waals surface area contributed by atoms with Crippen molar-refractivity contribution in [2.75, 3.05) is 0 Å². The van der Waals surface area contributed by atoms with Gasteiger partial charge in [0, 0.05) is 12.4 Å². The Morgan fingerprint density at radius 1 is 1.50 bits per heavy atom. The van der Waals surface area contributed by atoms with Gasteiger partial charge in [0.25, 0.3) is 0 Å². The van der Waals surface area contributed by atoms with Gasteiger partial charge in [0.1, 0.15) is 10.7 Å². The molecular formula is C13H9ClN4O2. The van der Waals surface area contributed by atoms with E-state index in [0.717, 1.165) is 5.56 Å². The molecule has 0 aliphatic rings. The van der Waals surface area contributed by atoms with Gasteiger partial charge in [-0.3, -0.25) is 0 Å². The summed E-state index contributed by atoms with van der Waals surface area (Å²) in [6.45, 7) is 0.339. The number of hydrogen-bond acceptors (Lipinski definition) is 4. The van der Waals surface area contributed by atoms with E-state index in [1.54, 1.807) is 41.4 Å². The van der Waals surface area contributed by atoms with Crippen molar-refractivity contribution in [3.63, 3.8) is 0 Å². The van der Waals surface area contributed by atoms with Crippen LogP contribution in [0, 0.1) is 11.5 Å². The summed E-state index contributed by atoms with van der Waals surface area (Å²) in [5.74, 6) is -1.14. The van der Waals surface area contributed by atoms with Crippen molar-refractivity contribution in [1.82, 2.24) is 9.55 Å². The molecule has 2 aromatic heterocycles. The maximum absolute atomic E-state index is 11.1. The Kier molecular flexibility index (Phi) is 4.13. The summed E-state index contributed by atoms with van der Waals surface area (Å²) in [5, 5.41) is 18.2. The summed E-state index contributed by atoms with van der Waals surface area (Å²) in [6.07, 6.45) is 4.85. The minimum atomic E-state index is -1.14. The molecule has 2 rings (SSSR count). The van der Waals surface area contributed by atoms with Crippen molar-refractivity contribution in [3.05, 3.63) is 58.4 Å². The molecule has 1 N–H and O–H groups in total. The lowest BCUT2D eigenvalue weighted by Crippen LogP contribution is -2.27. The smallest absolute Gasteiger partial charge is 0.339 e. The highest BCUT2D eigenvalue weighted by molar-refractivity contribution is 6.29. The molecule has 0 aromatic carbocycles. The van der Waals surface area contributed by atoms with Gasteiger partial charge >= 0.3 is 5.97 Å². The number of carboxylic acids is 1. The molecule has 6 nitrogen and oxygen atoms in total. The average Bonchev–Trinajstić information content (AvgIpc) is 2.43. The van der Waals surface area contributed by atoms with Crippen LogP contribution in [0.15, 0.2) is 41.7 Å². The van der Waals surface area contributed by atoms with Gasteiger partial charge in [-0.05, 0) is 23.8 Å². The van der Waals surface area contributed by atoms with E-state index in [9.17, 15) is 4.79 Å². The van der Waals surface area contributed by atoms with Crippen LogP contribution in [-0.4, -0.2) is 20.6 Å². The van der Waals surface area contributed by atoms with Crippen LogP contribution >= 0.6 is 11.6 Å². The van der Waals surface area contributed by atoms with Crippen LogP contribution in [0.4, 0.5) is 0 Å². The van der Waals surface area contributed by atoms with Crippen molar-refractivity contribution in [2.24, 2.45) is 4.99 Å². The van der Waals surface area contributed by atoms with Gasteiger partial charge < -0.3 is 9.67 Å². The molecule has 7 heteroatoms. The number of hydrogen-bond donors (Lipinski definition) is 1. The Morgan fingerprint density at radius 2 is 2.30 bits per heavy atom. The van der Waals surface area contributed by atoms with Crippen LogP contribution in [0.3, 0.4) is 0 Å². The van der Waals surface area contributed by atoms with Gasteiger partial charge in [0.05, 0.1) is 6.54 Å². The number of nitriles is 1. The lowest BCUT2D eigenvalue weighted by molar-refractivity contribution is 0.0694. The van der Waals surface area contributed by atoms with Crippen molar-refractivity contribution < 1.29 is 9.90 Å². The number of nitrogens with zero attached hydrogens (tertiary/aromatic N) is 4. The lowest BCUT2D eigenvalue weighted by Gasteiger charge is -2.08. The number of aromatic nitrogens is 2. The van der Waals surface area contributed by atoms with Crippen molar-refractivity contribution in [3.8, 4) is 6.19 Å². The standard InChI is InChI=1S/C13H9ClN4O2/c14-11-4-3-9(6-16-11)7-18-5-1-2-10(13(19)20)12(18)17-8-15/h1-6H,7H2,(H,19,20)/b17-12-. The predicted octanol–water partition coefficient (Wildman–Crippen LogP) is 1.66. The van der Waals surface area contributed by atoms with Gasteiger partial charge in [-0.2, -0.15) is 10.3 Å². The zero-order chi connectivity index (χ0) is 14.5. The molecule has 0 amide bonds. The third-order valence-corrected chi connectivity index (χ3v) is 2.79. The lowest BCUT2D eigenvalue weighted by atomic mass is 10.2. The van der Waals surface area contributed by atoms with Crippen LogP contribution in [0.25, 0.3) is 0 Å². The molecular weight excluding hydrogens is 280 g/mol. The zero-order valence-corrected chi connectivity index (χ0v) is 10.9. The van der Waals surface area contributed by atoms with E-state index in [2.05, 4.69) is 9.98 Å². The first-order chi connectivity index (χ1) is 9.61. The summed E-state index contributed by atoms with van der Waals surface area (Å²) in [7, 11) is 0. The van der Waals surface area contributed by atoms with E-state index in [1.807, 2.05) is 0 Å². The normalized spacial score (nSPS) is 11.1. The van der Waals surface area contributed by atoms with Gasteiger partial charge in [-0.1, -0.05) is 17.7 Å². The molecule has 2 heterocycles. The summed E-state index contributed by atoms with van der Waals surface area (Å²) in [6, 6.07) is 6.39. The molecule has 0 atom stereocenters. The highest BCUT2D eigenvalue weighted by Gasteiger charge is 2.09. The minimum absolute atomic E-state index is 0.0315. The molecule has 0 aliphatic carbocycles. The molecule has 0 radical (unpaired) electrons. The fraction of sp³-hybridized carbons (Fsp3) is 0.0769. The quantitative estimate of drug-likeness (QED) is 0.687. The largest absolute Gasteiger partial charge is 0.478 e. The van der Waals surface area contributed by atoms with Crippen molar-refractivity contribution in [2.45, 2.75) is 6.54 Å². The summed E-state index contributed by atoms with van der Waals surface area (Å²) < 4.78 is 1.57. The summed E-state index contributed by atoms with van der Waals surface area (Å²) in [4.78, 5) is 18.7. The molecule has 0 unspecified atom stereocenters. The second-order valence-corrected chi connectivity index (χ2v) is 4.27. The fourth-order valence-corrected chi connectivity index (χ4v) is 1.82. The van der Waals surface area contributed by atoms with Crippen molar-refractivity contribution >= 4 is 17.6 Å². The molecule has 100 valence electrons. The summed E-state index contributed by atoms with van der Waals surface area (Å²) in [5.41, 5.74) is 0.879. The second kappa shape index (κ2) is 5.99. The first-order valence-electron chi connectivity index (χ1n) is 5.58. The third kappa shape index (κ3) is 3.02. The van der Waals surface area contributed by atoms with E-state index in [1.165, 1.54) is 6.07 Å². The number of carbonyl (C=O) groups is 1. The van der Waals surface area contributed by atoms with Crippen molar-refractivity contribution in [1.29, 1.82) is 5.26 Å². The molecule has 0 spiro atoms. The third-order valence-electron chi connectivity index (χ3n) is 2.57. The van der Waals surface area contributed by atoms with Gasteiger partial charge in [0.2, 0.25) is 6.19 Å². The van der Waals surface area contributed by atoms with Crippen LogP contribution in [-0.2, 0) is 6.54 Å². The second-order valence-electron chi connectivity index (χ2n) is 3.88. The molecule has 0 saturated carbocycles. The topological polar surface area (TPSA) is 91.3 Å². The Morgan fingerprint density at radius 3 is 2.90 bits per heavy atom. The van der Waals surface area contributed by atoms with Gasteiger partial charge in [0.15, 0.2) is 5.49 Å². The number of aromatic carboxylic acids is 1. The van der Waals surface area contributed by atoms with E-state index >= 15 is 0 Å². The monoisotopic (exact) mass is 288 g/mol. The molecule has 20 heavy (non-hydrogen) atoms. The zero-order valence-electron chi connectivity index (χ0n) is 10.2. The van der Waals surface area contributed by atoms with Crippen LogP contribution < -0.4 is 5.49 Å². The van der Waals surface area contributed by atoms with E-state index in [-0.39, 0.29) is 11.1 Å². The van der Waals surface area contributed by atoms with E-state index in [0.29, 0.717) is 11.7 Å². The van der Waals surface area contributed by atoms with Crippen LogP contribution in [0.1, 0.15) is 15.9 Å². The Hall–Kier alpha value is -2.65. The van der Waals surface area contributed by atoms with Gasteiger partial charge in [-0.15, -0.1) is 0 Å². The molecule has 0 saturated heterocycles. The van der Waals surface area contributed by atoms with Crippen LogP contribution in [0.2, 0.25) is 5.15 Å². The highest BCUT2D eigenvalue weighted by Crippen LogP contribution is 2.06. The molecule has 0 fully saturated rings. The molecule has 2 aromatic rings. The first kappa shape index (κ1) is 13.8. The first-order valence-corrected chi connectivity index (χ1v) is 5.95. The summed E-state index contributed by atoms with van der Waals surface area (Å²) >= 11 is 5.71. The Balaban J connectivity index is 2.50. The molecule has 0 bridgehead atoms. The Bertz CT molecular complexity index is 744. The average molecular weight is 289 g/mol. The number of rotatable bonds is 3. The fourth-order valence-electron chi connectivity index (χ4n) is 1.71. The van der Waals surface area contributed by atoms with E-state index in [4.69, 9.17) is 22.0 Å². The highest BCUT2D eigenvalue weighted by atomic mass is 35.5. The molecule has 0 aliphatic heterocycles. The maximum Gasteiger partial charge on any atom is 0.339 e. The minimum Gasteiger partial charge on any atom is -0.478 e. The maximum atomic E-state index is 11.1.